The Kier molecular flexibility index (Phi) is 4.79. The van der Waals surface area contributed by atoms with Gasteiger partial charge in [-0.2, -0.15) is 0 Å². The zero-order valence-corrected chi connectivity index (χ0v) is 13.2. The van der Waals surface area contributed by atoms with Crippen molar-refractivity contribution in [2.75, 3.05) is 0 Å². The maximum absolute atomic E-state index is 12.2. The molecule has 0 bridgehead atoms. The van der Waals surface area contributed by atoms with Gasteiger partial charge in [-0.3, -0.25) is 4.79 Å². The second kappa shape index (κ2) is 7.17. The predicted octanol–water partition coefficient (Wildman–Crippen LogP) is 3.25. The summed E-state index contributed by atoms with van der Waals surface area (Å²) < 4.78 is 5.94. The van der Waals surface area contributed by atoms with Crippen LogP contribution in [0.3, 0.4) is 0 Å². The molecule has 2 N–H and O–H groups in total. The molecule has 0 aliphatic heterocycles. The second-order valence-electron chi connectivity index (χ2n) is 5.84. The number of aromatic carboxylic acids is 1. The van der Waals surface area contributed by atoms with E-state index in [1.807, 2.05) is 24.3 Å². The lowest BCUT2D eigenvalue weighted by Crippen LogP contribution is -2.26. The van der Waals surface area contributed by atoms with Crippen LogP contribution in [0.1, 0.15) is 45.5 Å². The Morgan fingerprint density at radius 3 is 2.33 bits per heavy atom. The van der Waals surface area contributed by atoms with Crippen molar-refractivity contribution >= 4 is 11.9 Å². The Morgan fingerprint density at radius 1 is 1.04 bits per heavy atom. The normalized spacial score (nSPS) is 13.8. The highest BCUT2D eigenvalue weighted by Gasteiger charge is 2.20. The molecule has 0 radical (unpaired) electrons. The molecule has 0 saturated heterocycles. The number of carbonyl (C=O) groups is 2. The zero-order valence-electron chi connectivity index (χ0n) is 13.2. The summed E-state index contributed by atoms with van der Waals surface area (Å²) in [6.07, 6.45) is 3.65. The van der Waals surface area contributed by atoms with Crippen LogP contribution in [-0.4, -0.2) is 23.1 Å². The first-order valence-electron chi connectivity index (χ1n) is 7.99. The number of hydrogen-bond donors (Lipinski definition) is 2. The molecule has 1 fully saturated rings. The van der Waals surface area contributed by atoms with Crippen LogP contribution in [0.5, 0.6) is 5.75 Å². The summed E-state index contributed by atoms with van der Waals surface area (Å²) in [6.45, 7) is 0.364. The third-order valence-electron chi connectivity index (χ3n) is 4.15. The minimum Gasteiger partial charge on any atom is -0.490 e. The Labute approximate surface area is 140 Å². The molecule has 1 saturated carbocycles. The van der Waals surface area contributed by atoms with E-state index in [1.165, 1.54) is 30.7 Å². The fraction of sp³-hybridized carbons (Fsp3) is 0.263. The summed E-state index contributed by atoms with van der Waals surface area (Å²) in [5, 5.41) is 11.7. The molecule has 1 amide bonds. The van der Waals surface area contributed by atoms with Crippen molar-refractivity contribution in [3.8, 4) is 5.75 Å². The van der Waals surface area contributed by atoms with Crippen LogP contribution >= 0.6 is 0 Å². The maximum atomic E-state index is 12.2. The SMILES string of the molecule is O=C(O)c1ccc(C(=O)NCc2ccccc2OC2CCC2)cc1. The molecule has 5 heteroatoms. The predicted molar refractivity (Wildman–Crippen MR) is 89.3 cm³/mol. The van der Waals surface area contributed by atoms with Gasteiger partial charge in [0.1, 0.15) is 5.75 Å². The fourth-order valence-corrected chi connectivity index (χ4v) is 2.47. The first-order chi connectivity index (χ1) is 11.6. The minimum absolute atomic E-state index is 0.158. The van der Waals surface area contributed by atoms with Gasteiger partial charge in [-0.05, 0) is 49.6 Å². The second-order valence-corrected chi connectivity index (χ2v) is 5.84. The summed E-state index contributed by atoms with van der Waals surface area (Å²) in [6, 6.07) is 13.5. The molecular formula is C19H19NO4. The topological polar surface area (TPSA) is 75.6 Å². The van der Waals surface area contributed by atoms with Crippen LogP contribution < -0.4 is 10.1 Å². The first kappa shape index (κ1) is 16.1. The van der Waals surface area contributed by atoms with Gasteiger partial charge in [0.15, 0.2) is 0 Å². The van der Waals surface area contributed by atoms with E-state index in [2.05, 4.69) is 5.32 Å². The Morgan fingerprint density at radius 2 is 1.71 bits per heavy atom. The molecule has 2 aromatic carbocycles. The van der Waals surface area contributed by atoms with E-state index in [0.717, 1.165) is 24.2 Å². The molecule has 0 aromatic heterocycles. The molecule has 0 unspecified atom stereocenters. The Bertz CT molecular complexity index is 735. The minimum atomic E-state index is -1.01. The van der Waals surface area contributed by atoms with Crippen molar-refractivity contribution in [3.05, 3.63) is 65.2 Å². The molecule has 0 atom stereocenters. The van der Waals surface area contributed by atoms with E-state index in [4.69, 9.17) is 9.84 Å². The molecular weight excluding hydrogens is 306 g/mol. The smallest absolute Gasteiger partial charge is 0.335 e. The van der Waals surface area contributed by atoms with Crippen molar-refractivity contribution in [2.45, 2.75) is 31.9 Å². The van der Waals surface area contributed by atoms with Gasteiger partial charge in [0.25, 0.3) is 5.91 Å². The number of ether oxygens (including phenoxy) is 1. The summed E-state index contributed by atoms with van der Waals surface area (Å²) in [5.74, 6) is -0.446. The van der Waals surface area contributed by atoms with Crippen LogP contribution in [0.2, 0.25) is 0 Å². The maximum Gasteiger partial charge on any atom is 0.335 e. The highest BCUT2D eigenvalue weighted by atomic mass is 16.5. The number of benzene rings is 2. The summed E-state index contributed by atoms with van der Waals surface area (Å²) >= 11 is 0. The van der Waals surface area contributed by atoms with Crippen molar-refractivity contribution in [1.82, 2.24) is 5.32 Å². The average Bonchev–Trinajstić information content (AvgIpc) is 2.57. The van der Waals surface area contributed by atoms with Crippen LogP contribution in [0, 0.1) is 0 Å². The van der Waals surface area contributed by atoms with Gasteiger partial charge in [-0.15, -0.1) is 0 Å². The van der Waals surface area contributed by atoms with Crippen LogP contribution in [0.25, 0.3) is 0 Å². The van der Waals surface area contributed by atoms with Gasteiger partial charge in [-0.1, -0.05) is 18.2 Å². The van der Waals surface area contributed by atoms with E-state index in [0.29, 0.717) is 12.1 Å². The van der Waals surface area contributed by atoms with E-state index in [-0.39, 0.29) is 17.6 Å². The molecule has 1 aliphatic carbocycles. The average molecular weight is 325 g/mol. The molecule has 0 heterocycles. The number of hydrogen-bond acceptors (Lipinski definition) is 3. The summed E-state index contributed by atoms with van der Waals surface area (Å²) in [5.41, 5.74) is 1.52. The van der Waals surface area contributed by atoms with Crippen molar-refractivity contribution in [2.24, 2.45) is 0 Å². The van der Waals surface area contributed by atoms with Crippen LogP contribution in [0.15, 0.2) is 48.5 Å². The fourth-order valence-electron chi connectivity index (χ4n) is 2.47. The van der Waals surface area contributed by atoms with Gasteiger partial charge in [-0.25, -0.2) is 4.79 Å². The van der Waals surface area contributed by atoms with Gasteiger partial charge in [0.05, 0.1) is 11.7 Å². The summed E-state index contributed by atoms with van der Waals surface area (Å²) in [7, 11) is 0. The molecule has 2 aromatic rings. The largest absolute Gasteiger partial charge is 0.490 e. The third-order valence-corrected chi connectivity index (χ3v) is 4.15. The van der Waals surface area contributed by atoms with Crippen molar-refractivity contribution in [1.29, 1.82) is 0 Å². The monoisotopic (exact) mass is 325 g/mol. The van der Waals surface area contributed by atoms with Gasteiger partial charge < -0.3 is 15.2 Å². The number of carboxylic acids is 1. The van der Waals surface area contributed by atoms with E-state index in [9.17, 15) is 9.59 Å². The molecule has 24 heavy (non-hydrogen) atoms. The van der Waals surface area contributed by atoms with E-state index in [1.54, 1.807) is 0 Å². The lowest BCUT2D eigenvalue weighted by molar-refractivity contribution is 0.0696. The Hall–Kier alpha value is -2.82. The van der Waals surface area contributed by atoms with Gasteiger partial charge >= 0.3 is 5.97 Å². The number of carbonyl (C=O) groups excluding carboxylic acids is 1. The lowest BCUT2D eigenvalue weighted by Gasteiger charge is -2.27. The number of nitrogens with one attached hydrogen (secondary N) is 1. The number of amides is 1. The van der Waals surface area contributed by atoms with Crippen LogP contribution in [-0.2, 0) is 6.54 Å². The molecule has 0 spiro atoms. The van der Waals surface area contributed by atoms with Crippen molar-refractivity contribution in [3.63, 3.8) is 0 Å². The molecule has 1 aliphatic rings. The zero-order chi connectivity index (χ0) is 16.9. The van der Waals surface area contributed by atoms with Crippen molar-refractivity contribution < 1.29 is 19.4 Å². The molecule has 3 rings (SSSR count). The first-order valence-corrected chi connectivity index (χ1v) is 7.99. The van der Waals surface area contributed by atoms with E-state index < -0.39 is 5.97 Å². The highest BCUT2D eigenvalue weighted by Crippen LogP contribution is 2.27. The Balaban J connectivity index is 1.62. The number of carboxylic acid groups (broad SMARTS) is 1. The highest BCUT2D eigenvalue weighted by molar-refractivity contribution is 5.95. The number of rotatable bonds is 6. The molecule has 124 valence electrons. The standard InChI is InChI=1S/C19H19NO4/c21-18(13-8-10-14(11-9-13)19(22)23)20-12-15-4-1-2-7-17(15)24-16-5-3-6-16/h1-2,4,7-11,16H,3,5-6,12H2,(H,20,21)(H,22,23). The quantitative estimate of drug-likeness (QED) is 0.855. The third kappa shape index (κ3) is 3.74. The van der Waals surface area contributed by atoms with Gasteiger partial charge in [0, 0.05) is 17.7 Å². The number of para-hydroxylation sites is 1. The summed E-state index contributed by atoms with van der Waals surface area (Å²) in [4.78, 5) is 23.0. The lowest BCUT2D eigenvalue weighted by atomic mass is 9.96. The van der Waals surface area contributed by atoms with Crippen LogP contribution in [0.4, 0.5) is 0 Å². The van der Waals surface area contributed by atoms with E-state index >= 15 is 0 Å². The van der Waals surface area contributed by atoms with Gasteiger partial charge in [0.2, 0.25) is 0 Å². The molecule has 5 nitrogen and oxygen atoms in total.